The summed E-state index contributed by atoms with van der Waals surface area (Å²) in [6.45, 7) is 10.1. The monoisotopic (exact) mass is 498 g/mol. The molecule has 1 aliphatic carbocycles. The van der Waals surface area contributed by atoms with E-state index in [4.69, 9.17) is 0 Å². The highest BCUT2D eigenvalue weighted by molar-refractivity contribution is 5.90. The molecule has 1 atom stereocenters. The van der Waals surface area contributed by atoms with Crippen molar-refractivity contribution in [3.63, 3.8) is 0 Å². The number of nitrogens with one attached hydrogen (secondary N) is 1. The molecule has 0 spiro atoms. The highest BCUT2D eigenvalue weighted by Gasteiger charge is 2.34. The van der Waals surface area contributed by atoms with Gasteiger partial charge in [-0.15, -0.1) is 0 Å². The number of amides is 2. The van der Waals surface area contributed by atoms with Gasteiger partial charge in [0.1, 0.15) is 18.4 Å². The predicted molar refractivity (Wildman–Crippen MR) is 149 cm³/mol. The van der Waals surface area contributed by atoms with Gasteiger partial charge in [-0.05, 0) is 56.9 Å². The minimum atomic E-state index is -0.737. The summed E-state index contributed by atoms with van der Waals surface area (Å²) in [7, 11) is 0. The van der Waals surface area contributed by atoms with Crippen LogP contribution in [0.5, 0.6) is 0 Å². The van der Waals surface area contributed by atoms with E-state index in [9.17, 15) is 9.59 Å². The average Bonchev–Trinajstić information content (AvgIpc) is 3.20. The maximum absolute atomic E-state index is 14.1. The highest BCUT2D eigenvalue weighted by Crippen LogP contribution is 2.28. The third-order valence-electron chi connectivity index (χ3n) is 7.28. The van der Waals surface area contributed by atoms with Crippen LogP contribution in [0.25, 0.3) is 11.0 Å². The Morgan fingerprint density at radius 2 is 1.81 bits per heavy atom. The van der Waals surface area contributed by atoms with E-state index >= 15 is 0 Å². The zero-order chi connectivity index (χ0) is 26.4. The molecule has 1 unspecified atom stereocenters. The van der Waals surface area contributed by atoms with E-state index in [1.807, 2.05) is 79.9 Å². The van der Waals surface area contributed by atoms with Gasteiger partial charge in [-0.2, -0.15) is 0 Å². The zero-order valence-corrected chi connectivity index (χ0v) is 22.2. The largest absolute Gasteiger partial charge is 0.351 e. The standard InChI is InChI=1S/C31H38N4O2/c1-5-13-22(2)20-35(29(36)21-34-24(4)32-27-18-11-12-19-28(27)34)30(26-17-10-9-14-23(26)3)31(37)33-25-15-7-6-8-16-25/h5,9-14,17-19,25,30H,1,6-8,15-16,20-21H2,2-4H3,(H,33,37)/b22-13+. The van der Waals surface area contributed by atoms with E-state index in [0.717, 1.165) is 59.2 Å². The van der Waals surface area contributed by atoms with Crippen LogP contribution in [0.2, 0.25) is 0 Å². The van der Waals surface area contributed by atoms with E-state index < -0.39 is 6.04 Å². The molecule has 4 rings (SSSR count). The minimum Gasteiger partial charge on any atom is -0.351 e. The van der Waals surface area contributed by atoms with E-state index in [1.54, 1.807) is 11.0 Å². The Bertz CT molecular complexity index is 1300. The molecular formula is C31H38N4O2. The van der Waals surface area contributed by atoms with Crippen molar-refractivity contribution in [1.82, 2.24) is 19.8 Å². The summed E-state index contributed by atoms with van der Waals surface area (Å²) in [4.78, 5) is 34.4. The van der Waals surface area contributed by atoms with Crippen molar-refractivity contribution >= 4 is 22.8 Å². The van der Waals surface area contributed by atoms with Gasteiger partial charge in [0.05, 0.1) is 11.0 Å². The van der Waals surface area contributed by atoms with Gasteiger partial charge >= 0.3 is 0 Å². The lowest BCUT2D eigenvalue weighted by molar-refractivity contribution is -0.141. The Morgan fingerprint density at radius 3 is 2.54 bits per heavy atom. The van der Waals surface area contributed by atoms with Gasteiger partial charge in [0, 0.05) is 12.6 Å². The number of nitrogens with zero attached hydrogens (tertiary/aromatic N) is 3. The van der Waals surface area contributed by atoms with Crippen LogP contribution in [0.1, 0.15) is 62.0 Å². The first-order valence-electron chi connectivity index (χ1n) is 13.2. The molecule has 1 saturated carbocycles. The number of benzene rings is 2. The number of carbonyl (C=O) groups is 2. The Balaban J connectivity index is 1.74. The normalized spacial score (nSPS) is 15.4. The SMILES string of the molecule is C=C/C=C(\C)CN(C(=O)Cn1c(C)nc2ccccc21)C(C(=O)NC1CCCCC1)c1ccccc1C. The molecule has 1 N–H and O–H groups in total. The van der Waals surface area contributed by atoms with Crippen molar-refractivity contribution < 1.29 is 9.59 Å². The second-order valence-corrected chi connectivity index (χ2v) is 10.1. The van der Waals surface area contributed by atoms with Gasteiger partial charge in [0.25, 0.3) is 0 Å². The molecule has 1 fully saturated rings. The number of imidazole rings is 1. The van der Waals surface area contributed by atoms with Crippen LogP contribution in [-0.4, -0.2) is 38.9 Å². The number of carbonyl (C=O) groups excluding carboxylic acids is 2. The Hall–Kier alpha value is -3.67. The van der Waals surface area contributed by atoms with E-state index in [2.05, 4.69) is 16.9 Å². The number of aryl methyl sites for hydroxylation is 2. The van der Waals surface area contributed by atoms with Crippen molar-refractivity contribution in [2.75, 3.05) is 6.54 Å². The number of fused-ring (bicyclic) bond motifs is 1. The summed E-state index contributed by atoms with van der Waals surface area (Å²) >= 11 is 0. The summed E-state index contributed by atoms with van der Waals surface area (Å²) in [5, 5.41) is 3.29. The van der Waals surface area contributed by atoms with E-state index in [0.29, 0.717) is 6.54 Å². The van der Waals surface area contributed by atoms with Crippen molar-refractivity contribution in [2.45, 2.75) is 71.5 Å². The van der Waals surface area contributed by atoms with Crippen molar-refractivity contribution in [1.29, 1.82) is 0 Å². The number of hydrogen-bond donors (Lipinski definition) is 1. The number of allylic oxidation sites excluding steroid dienone is 2. The van der Waals surface area contributed by atoms with Crippen molar-refractivity contribution in [3.8, 4) is 0 Å². The number of para-hydroxylation sites is 2. The van der Waals surface area contributed by atoms with Gasteiger partial charge < -0.3 is 14.8 Å². The van der Waals surface area contributed by atoms with Gasteiger partial charge in [0.2, 0.25) is 11.8 Å². The molecule has 1 aliphatic rings. The minimum absolute atomic E-state index is 0.104. The summed E-state index contributed by atoms with van der Waals surface area (Å²) in [5.74, 6) is 0.523. The fraction of sp³-hybridized carbons (Fsp3) is 0.387. The number of aromatic nitrogens is 2. The van der Waals surface area contributed by atoms with E-state index in [1.165, 1.54) is 6.42 Å². The number of rotatable bonds is 9. The topological polar surface area (TPSA) is 67.2 Å². The van der Waals surface area contributed by atoms with E-state index in [-0.39, 0.29) is 24.4 Å². The van der Waals surface area contributed by atoms with Crippen LogP contribution < -0.4 is 5.32 Å². The van der Waals surface area contributed by atoms with Crippen LogP contribution in [0.4, 0.5) is 0 Å². The molecular weight excluding hydrogens is 460 g/mol. The van der Waals surface area contributed by atoms with Crippen LogP contribution in [-0.2, 0) is 16.1 Å². The molecule has 2 aromatic carbocycles. The average molecular weight is 499 g/mol. The molecule has 194 valence electrons. The second kappa shape index (κ2) is 12.0. The molecule has 0 aliphatic heterocycles. The van der Waals surface area contributed by atoms with Gasteiger partial charge in [-0.3, -0.25) is 9.59 Å². The molecule has 6 heteroatoms. The van der Waals surface area contributed by atoms with Crippen LogP contribution in [0.3, 0.4) is 0 Å². The van der Waals surface area contributed by atoms with Crippen LogP contribution in [0, 0.1) is 13.8 Å². The molecule has 0 saturated heterocycles. The Morgan fingerprint density at radius 1 is 1.11 bits per heavy atom. The number of hydrogen-bond acceptors (Lipinski definition) is 3. The molecule has 6 nitrogen and oxygen atoms in total. The second-order valence-electron chi connectivity index (χ2n) is 10.1. The molecule has 0 radical (unpaired) electrons. The first kappa shape index (κ1) is 26.4. The third kappa shape index (κ3) is 6.19. The summed E-state index contributed by atoms with van der Waals surface area (Å²) < 4.78 is 1.94. The zero-order valence-electron chi connectivity index (χ0n) is 22.2. The molecule has 2 amide bonds. The molecule has 37 heavy (non-hydrogen) atoms. The lowest BCUT2D eigenvalue weighted by Gasteiger charge is -2.34. The first-order valence-corrected chi connectivity index (χ1v) is 13.2. The highest BCUT2D eigenvalue weighted by atomic mass is 16.2. The Labute approximate surface area is 220 Å². The fourth-order valence-corrected chi connectivity index (χ4v) is 5.34. The van der Waals surface area contributed by atoms with Crippen molar-refractivity contribution in [2.24, 2.45) is 0 Å². The lowest BCUT2D eigenvalue weighted by atomic mass is 9.93. The first-order chi connectivity index (χ1) is 17.9. The molecule has 1 heterocycles. The molecule has 1 aromatic heterocycles. The van der Waals surface area contributed by atoms with Gasteiger partial charge in [-0.1, -0.05) is 80.0 Å². The Kier molecular flexibility index (Phi) is 8.59. The summed E-state index contributed by atoms with van der Waals surface area (Å²) in [6, 6.07) is 15.1. The predicted octanol–water partition coefficient (Wildman–Crippen LogP) is 5.80. The van der Waals surface area contributed by atoms with Gasteiger partial charge in [-0.25, -0.2) is 4.98 Å². The third-order valence-corrected chi connectivity index (χ3v) is 7.28. The lowest BCUT2D eigenvalue weighted by Crippen LogP contribution is -2.48. The molecule has 0 bridgehead atoms. The summed E-state index contributed by atoms with van der Waals surface area (Å²) in [6.07, 6.45) is 9.03. The summed E-state index contributed by atoms with van der Waals surface area (Å²) in [5.41, 5.74) is 4.56. The smallest absolute Gasteiger partial charge is 0.247 e. The van der Waals surface area contributed by atoms with Crippen LogP contribution >= 0.6 is 0 Å². The maximum Gasteiger partial charge on any atom is 0.247 e. The van der Waals surface area contributed by atoms with Gasteiger partial charge in [0.15, 0.2) is 0 Å². The maximum atomic E-state index is 14.1. The van der Waals surface area contributed by atoms with Crippen LogP contribution in [0.15, 0.2) is 72.8 Å². The molecule has 3 aromatic rings. The quantitative estimate of drug-likeness (QED) is 0.379. The fourth-order valence-electron chi connectivity index (χ4n) is 5.34. The van der Waals surface area contributed by atoms with Crippen molar-refractivity contribution in [3.05, 3.63) is 89.8 Å².